The molecule has 2 aromatic heterocycles. The molecule has 0 spiro atoms. The first-order valence-corrected chi connectivity index (χ1v) is 23.4. The van der Waals surface area contributed by atoms with Gasteiger partial charge in [0.05, 0.1) is 17.8 Å². The lowest BCUT2D eigenvalue weighted by Crippen LogP contribution is -2.50. The molecule has 1 N–H and O–H groups in total. The average molecular weight is 921 g/mol. The van der Waals surface area contributed by atoms with Gasteiger partial charge < -0.3 is 33.9 Å². The van der Waals surface area contributed by atoms with Crippen molar-refractivity contribution >= 4 is 22.8 Å². The standard InChI is InChI=1S/C54H57FN6O7/c1-53(2,3)68-52(64)59-31-29-58(30-32-59)43-28-27-38(36-45(43)62)49-50-44(61(57-49)54(39-18-7-4-8-19-39,40-20-9-5-10-21-40)41-22-11-6-12-23-41)37-47(63)60(56-50)51-42(55)24-17-25-46(51)65-33-15-16-35-67-48-26-13-14-34-66-48/h4-12,17-25,27-28,36-37,48,62H,13-16,26,29-35H2,1-3H3. The van der Waals surface area contributed by atoms with Crippen molar-refractivity contribution in [2.45, 2.75) is 70.3 Å². The summed E-state index contributed by atoms with van der Waals surface area (Å²) in [7, 11) is 0. The number of aromatic nitrogens is 4. The van der Waals surface area contributed by atoms with Crippen LogP contribution in [0.2, 0.25) is 0 Å². The largest absolute Gasteiger partial charge is 0.506 e. The Morgan fingerprint density at radius 3 is 2.03 bits per heavy atom. The fourth-order valence-corrected chi connectivity index (χ4v) is 9.15. The summed E-state index contributed by atoms with van der Waals surface area (Å²) in [6, 6.07) is 41.1. The van der Waals surface area contributed by atoms with Crippen molar-refractivity contribution in [1.29, 1.82) is 0 Å². The van der Waals surface area contributed by atoms with Crippen LogP contribution < -0.4 is 15.2 Å². The monoisotopic (exact) mass is 920 g/mol. The lowest BCUT2D eigenvalue weighted by Gasteiger charge is -2.37. The highest BCUT2D eigenvalue weighted by Gasteiger charge is 2.42. The Morgan fingerprint density at radius 1 is 0.779 bits per heavy atom. The summed E-state index contributed by atoms with van der Waals surface area (Å²) in [5.74, 6) is -0.541. The van der Waals surface area contributed by atoms with E-state index in [1.807, 2.05) is 133 Å². The highest BCUT2D eigenvalue weighted by molar-refractivity contribution is 5.91. The summed E-state index contributed by atoms with van der Waals surface area (Å²) in [6.45, 7) is 8.76. The molecule has 14 heteroatoms. The number of phenolic OH excluding ortho intramolecular Hbond substituents is 1. The van der Waals surface area contributed by atoms with Crippen LogP contribution in [0.4, 0.5) is 14.9 Å². The third-order valence-corrected chi connectivity index (χ3v) is 12.4. The summed E-state index contributed by atoms with van der Waals surface area (Å²) >= 11 is 0. The number of unbranched alkanes of at least 4 members (excludes halogenated alkanes) is 1. The number of amides is 1. The predicted molar refractivity (Wildman–Crippen MR) is 259 cm³/mol. The van der Waals surface area contributed by atoms with E-state index in [9.17, 15) is 14.7 Å². The Morgan fingerprint density at radius 2 is 1.43 bits per heavy atom. The first-order valence-electron chi connectivity index (χ1n) is 23.4. The number of piperazine rings is 1. The first-order chi connectivity index (χ1) is 33.0. The van der Waals surface area contributed by atoms with E-state index in [0.717, 1.165) is 40.6 Å². The van der Waals surface area contributed by atoms with E-state index < -0.39 is 22.5 Å². The van der Waals surface area contributed by atoms with Crippen LogP contribution in [0.1, 0.15) is 69.6 Å². The number of fused-ring (bicyclic) bond motifs is 1. The molecular weight excluding hydrogens is 864 g/mol. The van der Waals surface area contributed by atoms with E-state index >= 15 is 4.39 Å². The predicted octanol–water partition coefficient (Wildman–Crippen LogP) is 9.69. The van der Waals surface area contributed by atoms with E-state index in [2.05, 4.69) is 0 Å². The molecule has 4 heterocycles. The number of halogens is 1. The van der Waals surface area contributed by atoms with Gasteiger partial charge in [0.1, 0.15) is 39.5 Å². The zero-order valence-electron chi connectivity index (χ0n) is 38.7. The maximum absolute atomic E-state index is 16.2. The number of benzene rings is 5. The number of nitrogens with zero attached hydrogens (tertiary/aromatic N) is 6. The van der Waals surface area contributed by atoms with Crippen LogP contribution >= 0.6 is 0 Å². The summed E-state index contributed by atoms with van der Waals surface area (Å²) in [5, 5.41) is 22.2. The van der Waals surface area contributed by atoms with Gasteiger partial charge >= 0.3 is 6.09 Å². The minimum absolute atomic E-state index is 0.00821. The molecule has 0 aliphatic carbocycles. The SMILES string of the molecule is CC(C)(C)OC(=O)N1CCN(c2ccc(-c3nn(C(c4ccccc4)(c4ccccc4)c4ccccc4)c4cc(=O)n(-c5c(F)cccc5OCCCCOC5CCCCO5)nc34)cc2O)CC1. The van der Waals surface area contributed by atoms with Gasteiger partial charge in [0, 0.05) is 51.0 Å². The van der Waals surface area contributed by atoms with Gasteiger partial charge in [-0.2, -0.15) is 14.9 Å². The molecule has 1 atom stereocenters. The van der Waals surface area contributed by atoms with Gasteiger partial charge in [-0.05, 0) is 93.8 Å². The normalized spacial score (nSPS) is 15.7. The Hall–Kier alpha value is -7.03. The molecule has 5 aromatic carbocycles. The van der Waals surface area contributed by atoms with Gasteiger partial charge in [-0.1, -0.05) is 103 Å². The van der Waals surface area contributed by atoms with Gasteiger partial charge in [-0.25, -0.2) is 13.9 Å². The van der Waals surface area contributed by atoms with Crippen LogP contribution in [0.5, 0.6) is 11.5 Å². The molecule has 0 radical (unpaired) electrons. The molecule has 2 saturated heterocycles. The minimum atomic E-state index is -1.16. The number of anilines is 1. The average Bonchev–Trinajstić information content (AvgIpc) is 3.71. The lowest BCUT2D eigenvalue weighted by atomic mass is 9.77. The summed E-state index contributed by atoms with van der Waals surface area (Å²) in [5.41, 5.74) is 2.18. The molecule has 2 fully saturated rings. The Labute approximate surface area is 395 Å². The molecule has 2 aliphatic heterocycles. The lowest BCUT2D eigenvalue weighted by molar-refractivity contribution is -0.162. The van der Waals surface area contributed by atoms with E-state index in [1.165, 1.54) is 12.1 Å². The zero-order chi connectivity index (χ0) is 47.3. The highest BCUT2D eigenvalue weighted by atomic mass is 19.1. The number of para-hydroxylation sites is 1. The van der Waals surface area contributed by atoms with Gasteiger partial charge in [0.15, 0.2) is 12.1 Å². The number of aromatic hydroxyl groups is 1. The van der Waals surface area contributed by atoms with Crippen LogP contribution in [-0.4, -0.2) is 93.6 Å². The smallest absolute Gasteiger partial charge is 0.410 e. The molecular formula is C54H57FN6O7. The fourth-order valence-electron chi connectivity index (χ4n) is 9.15. The second-order valence-corrected chi connectivity index (χ2v) is 18.2. The summed E-state index contributed by atoms with van der Waals surface area (Å²) in [6.07, 6.45) is 3.78. The second kappa shape index (κ2) is 20.1. The number of hydrogen-bond donors (Lipinski definition) is 1. The summed E-state index contributed by atoms with van der Waals surface area (Å²) in [4.78, 5) is 31.2. The maximum Gasteiger partial charge on any atom is 0.410 e. The fraction of sp³-hybridized carbons (Fsp3) is 0.333. The highest BCUT2D eigenvalue weighted by Crippen LogP contribution is 2.44. The number of carbonyl (C=O) groups excluding carboxylic acids is 1. The summed E-state index contributed by atoms with van der Waals surface area (Å²) < 4.78 is 42.5. The topological polar surface area (TPSA) is 133 Å². The molecule has 1 unspecified atom stereocenters. The van der Waals surface area contributed by atoms with Crippen LogP contribution in [0, 0.1) is 5.82 Å². The third kappa shape index (κ3) is 9.56. The maximum atomic E-state index is 16.2. The van der Waals surface area contributed by atoms with Gasteiger partial charge in [0.25, 0.3) is 5.56 Å². The Bertz CT molecular complexity index is 2790. The van der Waals surface area contributed by atoms with Crippen molar-refractivity contribution in [1.82, 2.24) is 24.5 Å². The first kappa shape index (κ1) is 46.1. The zero-order valence-corrected chi connectivity index (χ0v) is 38.7. The van der Waals surface area contributed by atoms with Crippen molar-refractivity contribution < 1.29 is 33.2 Å². The van der Waals surface area contributed by atoms with Crippen LogP contribution in [-0.2, 0) is 19.7 Å². The Kier molecular flexibility index (Phi) is 13.6. The van der Waals surface area contributed by atoms with E-state index in [1.54, 1.807) is 23.1 Å². The van der Waals surface area contributed by atoms with Crippen molar-refractivity contribution in [3.05, 3.63) is 166 Å². The number of phenols is 1. The van der Waals surface area contributed by atoms with Crippen molar-refractivity contribution in [3.63, 3.8) is 0 Å². The van der Waals surface area contributed by atoms with E-state index in [0.29, 0.717) is 74.7 Å². The quantitative estimate of drug-likeness (QED) is 0.0831. The van der Waals surface area contributed by atoms with Gasteiger partial charge in [-0.3, -0.25) is 4.79 Å². The number of hydrogen-bond acceptors (Lipinski definition) is 10. The second-order valence-electron chi connectivity index (χ2n) is 18.2. The molecule has 352 valence electrons. The van der Waals surface area contributed by atoms with Crippen molar-refractivity contribution in [2.75, 3.05) is 50.9 Å². The third-order valence-electron chi connectivity index (χ3n) is 12.4. The van der Waals surface area contributed by atoms with Crippen molar-refractivity contribution in [2.24, 2.45) is 0 Å². The molecule has 0 saturated carbocycles. The number of carbonyl (C=O) groups is 1. The number of rotatable bonds is 14. The molecule has 1 amide bonds. The Balaban J connectivity index is 1.15. The van der Waals surface area contributed by atoms with E-state index in [4.69, 9.17) is 29.1 Å². The molecule has 0 bridgehead atoms. The van der Waals surface area contributed by atoms with Gasteiger partial charge in [0.2, 0.25) is 0 Å². The van der Waals surface area contributed by atoms with Crippen molar-refractivity contribution in [3.8, 4) is 28.4 Å². The molecule has 2 aliphatic rings. The van der Waals surface area contributed by atoms with Crippen LogP contribution in [0.15, 0.2) is 138 Å². The molecule has 7 aromatic rings. The number of ether oxygens (including phenoxy) is 4. The molecule has 68 heavy (non-hydrogen) atoms. The molecule has 9 rings (SSSR count). The van der Waals surface area contributed by atoms with Crippen LogP contribution in [0.3, 0.4) is 0 Å². The van der Waals surface area contributed by atoms with Gasteiger partial charge in [-0.15, -0.1) is 0 Å². The van der Waals surface area contributed by atoms with E-state index in [-0.39, 0.29) is 41.7 Å². The van der Waals surface area contributed by atoms with Crippen LogP contribution in [0.25, 0.3) is 28.0 Å². The minimum Gasteiger partial charge on any atom is -0.506 e. The molecule has 13 nitrogen and oxygen atoms in total.